The highest BCUT2D eigenvalue weighted by atomic mass is 35.5. The minimum atomic E-state index is -0.905. The predicted molar refractivity (Wildman–Crippen MR) is 128 cm³/mol. The van der Waals surface area contributed by atoms with Crippen molar-refractivity contribution in [2.24, 2.45) is 5.10 Å². The van der Waals surface area contributed by atoms with E-state index in [4.69, 9.17) is 16.3 Å². The molecule has 0 aromatic heterocycles. The fourth-order valence-corrected chi connectivity index (χ4v) is 2.73. The summed E-state index contributed by atoms with van der Waals surface area (Å²) in [4.78, 5) is 35.9. The zero-order valence-electron chi connectivity index (χ0n) is 17.7. The molecule has 0 saturated heterocycles. The van der Waals surface area contributed by atoms with Crippen molar-refractivity contribution in [3.63, 3.8) is 0 Å². The van der Waals surface area contributed by atoms with Crippen molar-refractivity contribution in [2.45, 2.75) is 6.92 Å². The van der Waals surface area contributed by atoms with Gasteiger partial charge in [0, 0.05) is 16.4 Å². The summed E-state index contributed by atoms with van der Waals surface area (Å²) in [6, 6.07) is 20.5. The van der Waals surface area contributed by atoms with Crippen LogP contribution in [0.2, 0.25) is 5.02 Å². The van der Waals surface area contributed by atoms with Crippen LogP contribution in [0.25, 0.3) is 0 Å². The van der Waals surface area contributed by atoms with Gasteiger partial charge in [-0.05, 0) is 61.0 Å². The van der Waals surface area contributed by atoms with E-state index in [1.165, 1.54) is 6.21 Å². The van der Waals surface area contributed by atoms with Gasteiger partial charge in [0.1, 0.15) is 5.75 Å². The second-order valence-electron chi connectivity index (χ2n) is 6.94. The molecule has 33 heavy (non-hydrogen) atoms. The molecule has 0 heterocycles. The monoisotopic (exact) mass is 464 g/mol. The van der Waals surface area contributed by atoms with Crippen LogP contribution in [0.3, 0.4) is 0 Å². The summed E-state index contributed by atoms with van der Waals surface area (Å²) < 4.78 is 5.49. The highest BCUT2D eigenvalue weighted by Crippen LogP contribution is 2.15. The van der Waals surface area contributed by atoms with Gasteiger partial charge in [-0.2, -0.15) is 5.10 Å². The van der Waals surface area contributed by atoms with Crippen LogP contribution in [0.15, 0.2) is 77.9 Å². The molecule has 0 saturated carbocycles. The van der Waals surface area contributed by atoms with E-state index in [0.717, 1.165) is 5.56 Å². The van der Waals surface area contributed by atoms with Crippen LogP contribution >= 0.6 is 11.6 Å². The number of halogens is 1. The number of rotatable bonds is 7. The fourth-order valence-electron chi connectivity index (χ4n) is 2.60. The largest absolute Gasteiger partial charge is 0.484 e. The molecule has 0 fully saturated rings. The number of carbonyl (C=O) groups is 3. The van der Waals surface area contributed by atoms with Gasteiger partial charge < -0.3 is 15.4 Å². The van der Waals surface area contributed by atoms with E-state index in [1.54, 1.807) is 60.7 Å². The summed E-state index contributed by atoms with van der Waals surface area (Å²) in [5, 5.41) is 9.54. The maximum atomic E-state index is 12.0. The SMILES string of the molecule is Cc1ccc(NC(=O)C(=O)N/N=C\c2cccc(OCC(=O)Nc3ccc(Cl)cc3)c2)cc1. The van der Waals surface area contributed by atoms with Crippen molar-refractivity contribution in [1.29, 1.82) is 0 Å². The van der Waals surface area contributed by atoms with Crippen molar-refractivity contribution < 1.29 is 19.1 Å². The van der Waals surface area contributed by atoms with Gasteiger partial charge in [-0.3, -0.25) is 14.4 Å². The van der Waals surface area contributed by atoms with Crippen LogP contribution in [0.4, 0.5) is 11.4 Å². The van der Waals surface area contributed by atoms with Crippen molar-refractivity contribution in [3.05, 3.63) is 88.9 Å². The van der Waals surface area contributed by atoms with Gasteiger partial charge in [0.2, 0.25) is 0 Å². The summed E-state index contributed by atoms with van der Waals surface area (Å²) in [7, 11) is 0. The Morgan fingerprint density at radius 3 is 2.30 bits per heavy atom. The smallest absolute Gasteiger partial charge is 0.329 e. The Labute approximate surface area is 195 Å². The van der Waals surface area contributed by atoms with Gasteiger partial charge in [0.15, 0.2) is 6.61 Å². The molecule has 3 N–H and O–H groups in total. The second-order valence-corrected chi connectivity index (χ2v) is 7.37. The third-order valence-electron chi connectivity index (χ3n) is 4.25. The molecule has 0 bridgehead atoms. The summed E-state index contributed by atoms with van der Waals surface area (Å²) in [6.07, 6.45) is 1.36. The molecule has 0 aliphatic rings. The van der Waals surface area contributed by atoms with Crippen molar-refractivity contribution in [2.75, 3.05) is 17.2 Å². The Balaban J connectivity index is 1.47. The topological polar surface area (TPSA) is 109 Å². The summed E-state index contributed by atoms with van der Waals surface area (Å²) in [6.45, 7) is 1.72. The molecule has 0 aliphatic heterocycles. The Kier molecular flexibility index (Phi) is 8.15. The fraction of sp³-hybridized carbons (Fsp3) is 0.0833. The Hall–Kier alpha value is -4.17. The number of anilines is 2. The van der Waals surface area contributed by atoms with Crippen LogP contribution in [0.1, 0.15) is 11.1 Å². The van der Waals surface area contributed by atoms with E-state index in [1.807, 2.05) is 19.1 Å². The number of hydrogen-bond donors (Lipinski definition) is 3. The van der Waals surface area contributed by atoms with E-state index >= 15 is 0 Å². The predicted octanol–water partition coefficient (Wildman–Crippen LogP) is 3.75. The van der Waals surface area contributed by atoms with Gasteiger partial charge >= 0.3 is 11.8 Å². The number of aryl methyl sites for hydroxylation is 1. The molecular weight excluding hydrogens is 444 g/mol. The van der Waals surface area contributed by atoms with E-state index in [0.29, 0.717) is 27.7 Å². The van der Waals surface area contributed by atoms with Crippen molar-refractivity contribution in [1.82, 2.24) is 5.43 Å². The molecule has 3 amide bonds. The van der Waals surface area contributed by atoms with E-state index in [-0.39, 0.29) is 12.5 Å². The molecule has 168 valence electrons. The molecule has 0 atom stereocenters. The highest BCUT2D eigenvalue weighted by Gasteiger charge is 2.12. The summed E-state index contributed by atoms with van der Waals surface area (Å²) >= 11 is 5.82. The van der Waals surface area contributed by atoms with E-state index in [2.05, 4.69) is 21.2 Å². The maximum Gasteiger partial charge on any atom is 0.329 e. The molecule has 0 spiro atoms. The number of nitrogens with zero attached hydrogens (tertiary/aromatic N) is 1. The van der Waals surface area contributed by atoms with Crippen LogP contribution in [-0.2, 0) is 14.4 Å². The lowest BCUT2D eigenvalue weighted by atomic mass is 10.2. The van der Waals surface area contributed by atoms with Gasteiger partial charge in [-0.1, -0.05) is 41.4 Å². The average molecular weight is 465 g/mol. The minimum Gasteiger partial charge on any atom is -0.484 e. The second kappa shape index (κ2) is 11.4. The van der Waals surface area contributed by atoms with Crippen molar-refractivity contribution in [3.8, 4) is 5.75 Å². The normalized spacial score (nSPS) is 10.5. The maximum absolute atomic E-state index is 12.0. The van der Waals surface area contributed by atoms with Crippen LogP contribution < -0.4 is 20.8 Å². The zero-order valence-corrected chi connectivity index (χ0v) is 18.4. The number of hydrazone groups is 1. The zero-order chi connectivity index (χ0) is 23.6. The molecule has 9 heteroatoms. The number of hydrogen-bond acceptors (Lipinski definition) is 5. The number of carbonyl (C=O) groups excluding carboxylic acids is 3. The molecule has 0 aliphatic carbocycles. The molecule has 8 nitrogen and oxygen atoms in total. The standard InChI is InChI=1S/C24H21ClN4O4/c1-16-5-9-20(10-6-16)28-23(31)24(32)29-26-14-17-3-2-4-21(13-17)33-15-22(30)27-19-11-7-18(25)8-12-19/h2-14H,15H2,1H3,(H,27,30)(H,28,31)(H,29,32)/b26-14-. The Morgan fingerprint density at radius 1 is 0.909 bits per heavy atom. The molecule has 0 unspecified atom stereocenters. The minimum absolute atomic E-state index is 0.195. The van der Waals surface area contributed by atoms with Crippen molar-refractivity contribution >= 4 is 46.9 Å². The highest BCUT2D eigenvalue weighted by molar-refractivity contribution is 6.39. The lowest BCUT2D eigenvalue weighted by molar-refractivity contribution is -0.136. The molecular formula is C24H21ClN4O4. The summed E-state index contributed by atoms with van der Waals surface area (Å²) in [5.41, 5.74) is 4.92. The number of benzene rings is 3. The molecule has 3 aromatic carbocycles. The van der Waals surface area contributed by atoms with Gasteiger partial charge in [0.25, 0.3) is 5.91 Å². The Bertz CT molecular complexity index is 1160. The molecule has 3 aromatic rings. The quantitative estimate of drug-likeness (QED) is 0.281. The van der Waals surface area contributed by atoms with Gasteiger partial charge in [0.05, 0.1) is 6.21 Å². The third-order valence-corrected chi connectivity index (χ3v) is 4.50. The van der Waals surface area contributed by atoms with Gasteiger partial charge in [-0.15, -0.1) is 0 Å². The van der Waals surface area contributed by atoms with E-state index < -0.39 is 11.8 Å². The van der Waals surface area contributed by atoms with Crippen LogP contribution in [-0.4, -0.2) is 30.5 Å². The van der Waals surface area contributed by atoms with Crippen LogP contribution in [0.5, 0.6) is 5.75 Å². The van der Waals surface area contributed by atoms with Crippen LogP contribution in [0, 0.1) is 6.92 Å². The number of nitrogens with one attached hydrogen (secondary N) is 3. The van der Waals surface area contributed by atoms with Gasteiger partial charge in [-0.25, -0.2) is 5.43 Å². The lowest BCUT2D eigenvalue weighted by Gasteiger charge is -2.08. The Morgan fingerprint density at radius 2 is 1.58 bits per heavy atom. The average Bonchev–Trinajstić information content (AvgIpc) is 2.81. The summed E-state index contributed by atoms with van der Waals surface area (Å²) in [5.74, 6) is -1.63. The first-order valence-electron chi connectivity index (χ1n) is 9.88. The number of ether oxygens (including phenoxy) is 1. The first kappa shape index (κ1) is 23.5. The lowest BCUT2D eigenvalue weighted by Crippen LogP contribution is -2.32. The first-order chi connectivity index (χ1) is 15.9. The third kappa shape index (κ3) is 7.79. The van der Waals surface area contributed by atoms with E-state index in [9.17, 15) is 14.4 Å². The number of amides is 3. The molecule has 0 radical (unpaired) electrons. The first-order valence-corrected chi connectivity index (χ1v) is 10.3. The molecule has 3 rings (SSSR count).